The third kappa shape index (κ3) is 8.63. The van der Waals surface area contributed by atoms with E-state index in [9.17, 15) is 9.59 Å². The van der Waals surface area contributed by atoms with Gasteiger partial charge in [0.05, 0.1) is 12.9 Å². The lowest BCUT2D eigenvalue weighted by molar-refractivity contribution is -0.137. The summed E-state index contributed by atoms with van der Waals surface area (Å²) in [6, 6.07) is 7.73. The third-order valence-electron chi connectivity index (χ3n) is 2.80. The first kappa shape index (κ1) is 17.9. The molecule has 0 bridgehead atoms. The van der Waals surface area contributed by atoms with Crippen molar-refractivity contribution in [1.29, 1.82) is 0 Å². The summed E-state index contributed by atoms with van der Waals surface area (Å²) in [6.45, 7) is 0.656. The Kier molecular flexibility index (Phi) is 8.94. The van der Waals surface area contributed by atoms with Gasteiger partial charge in [-0.3, -0.25) is 9.59 Å². The number of carbonyl (C=O) groups is 2. The van der Waals surface area contributed by atoms with Crippen LogP contribution in [0.3, 0.4) is 0 Å². The molecule has 4 nitrogen and oxygen atoms in total. The number of hydrogen-bond donors (Lipinski definition) is 1. The maximum Gasteiger partial charge on any atom is 0.315 e. The fourth-order valence-corrected chi connectivity index (χ4v) is 2.52. The fourth-order valence-electron chi connectivity index (χ4n) is 1.64. The van der Waals surface area contributed by atoms with Crippen molar-refractivity contribution in [2.75, 3.05) is 25.2 Å². The van der Waals surface area contributed by atoms with E-state index >= 15 is 0 Å². The second-order valence-corrected chi connectivity index (χ2v) is 6.00. The summed E-state index contributed by atoms with van der Waals surface area (Å²) >= 11 is 7.22. The Morgan fingerprint density at radius 3 is 2.67 bits per heavy atom. The predicted molar refractivity (Wildman–Crippen MR) is 86.7 cm³/mol. The first-order chi connectivity index (χ1) is 10.1. The molecular formula is C15H20ClNO3S. The molecule has 0 fully saturated rings. The van der Waals surface area contributed by atoms with Gasteiger partial charge in [-0.15, -0.1) is 11.8 Å². The van der Waals surface area contributed by atoms with Crippen molar-refractivity contribution in [3.05, 3.63) is 34.9 Å². The molecule has 1 aromatic carbocycles. The molecule has 0 atom stereocenters. The van der Waals surface area contributed by atoms with Crippen molar-refractivity contribution in [2.24, 2.45) is 0 Å². The minimum absolute atomic E-state index is 0.0171. The van der Waals surface area contributed by atoms with Crippen LogP contribution in [0.2, 0.25) is 5.02 Å². The summed E-state index contributed by atoms with van der Waals surface area (Å²) in [6.07, 6.45) is 2.22. The van der Waals surface area contributed by atoms with Crippen LogP contribution in [-0.2, 0) is 20.7 Å². The molecule has 0 saturated heterocycles. The number of halogens is 1. The number of benzene rings is 1. The van der Waals surface area contributed by atoms with Crippen molar-refractivity contribution in [3.63, 3.8) is 0 Å². The average Bonchev–Trinajstić information content (AvgIpc) is 2.49. The van der Waals surface area contributed by atoms with Gasteiger partial charge in [-0.1, -0.05) is 23.7 Å². The van der Waals surface area contributed by atoms with E-state index in [0.717, 1.165) is 17.9 Å². The van der Waals surface area contributed by atoms with Crippen LogP contribution in [0.1, 0.15) is 18.4 Å². The van der Waals surface area contributed by atoms with E-state index in [1.54, 1.807) is 0 Å². The lowest BCUT2D eigenvalue weighted by Crippen LogP contribution is -2.25. The second kappa shape index (κ2) is 10.5. The SMILES string of the molecule is COC(=O)CSCCC(=O)NCCCc1ccc(Cl)cc1. The maximum atomic E-state index is 11.6. The van der Waals surface area contributed by atoms with Gasteiger partial charge in [-0.25, -0.2) is 0 Å². The van der Waals surface area contributed by atoms with Crippen molar-refractivity contribution in [1.82, 2.24) is 5.32 Å². The van der Waals surface area contributed by atoms with Gasteiger partial charge in [0.1, 0.15) is 0 Å². The lowest BCUT2D eigenvalue weighted by atomic mass is 10.1. The quantitative estimate of drug-likeness (QED) is 0.559. The molecule has 0 saturated carbocycles. The Labute approximate surface area is 134 Å². The monoisotopic (exact) mass is 329 g/mol. The molecule has 1 amide bonds. The number of nitrogens with one attached hydrogen (secondary N) is 1. The molecule has 1 aromatic rings. The molecule has 0 spiro atoms. The minimum Gasteiger partial charge on any atom is -0.468 e. The van der Waals surface area contributed by atoms with Gasteiger partial charge in [0.25, 0.3) is 0 Å². The van der Waals surface area contributed by atoms with E-state index in [-0.39, 0.29) is 11.9 Å². The number of ether oxygens (including phenoxy) is 1. The van der Waals surface area contributed by atoms with Gasteiger partial charge in [0, 0.05) is 23.7 Å². The molecule has 0 unspecified atom stereocenters. The van der Waals surface area contributed by atoms with Crippen molar-refractivity contribution in [2.45, 2.75) is 19.3 Å². The van der Waals surface area contributed by atoms with Crippen LogP contribution in [0.25, 0.3) is 0 Å². The molecule has 0 aliphatic carbocycles. The Hall–Kier alpha value is -1.20. The van der Waals surface area contributed by atoms with Gasteiger partial charge in [0.2, 0.25) is 5.91 Å². The Morgan fingerprint density at radius 1 is 1.29 bits per heavy atom. The summed E-state index contributed by atoms with van der Waals surface area (Å²) in [7, 11) is 1.36. The van der Waals surface area contributed by atoms with E-state index in [0.29, 0.717) is 24.5 Å². The molecule has 0 aliphatic rings. The molecule has 0 aromatic heterocycles. The fraction of sp³-hybridized carbons (Fsp3) is 0.467. The number of rotatable bonds is 9. The van der Waals surface area contributed by atoms with Gasteiger partial charge in [0.15, 0.2) is 0 Å². The van der Waals surface area contributed by atoms with Crippen LogP contribution in [0.15, 0.2) is 24.3 Å². The highest BCUT2D eigenvalue weighted by molar-refractivity contribution is 7.99. The molecule has 21 heavy (non-hydrogen) atoms. The number of hydrogen-bond acceptors (Lipinski definition) is 4. The molecule has 1 rings (SSSR count). The van der Waals surface area contributed by atoms with Gasteiger partial charge >= 0.3 is 5.97 Å². The largest absolute Gasteiger partial charge is 0.468 e. The summed E-state index contributed by atoms with van der Waals surface area (Å²) < 4.78 is 4.52. The summed E-state index contributed by atoms with van der Waals surface area (Å²) in [5, 5.41) is 3.60. The zero-order valence-corrected chi connectivity index (χ0v) is 13.6. The first-order valence-electron chi connectivity index (χ1n) is 6.77. The van der Waals surface area contributed by atoms with Crippen molar-refractivity contribution >= 4 is 35.2 Å². The van der Waals surface area contributed by atoms with Crippen LogP contribution in [0.5, 0.6) is 0 Å². The number of methoxy groups -OCH3 is 1. The number of carbonyl (C=O) groups excluding carboxylic acids is 2. The zero-order valence-electron chi connectivity index (χ0n) is 12.1. The smallest absolute Gasteiger partial charge is 0.315 e. The number of esters is 1. The van der Waals surface area contributed by atoms with E-state index in [1.165, 1.54) is 24.4 Å². The van der Waals surface area contributed by atoms with E-state index in [4.69, 9.17) is 11.6 Å². The van der Waals surface area contributed by atoms with E-state index in [2.05, 4.69) is 10.1 Å². The average molecular weight is 330 g/mol. The maximum absolute atomic E-state index is 11.6. The molecule has 0 heterocycles. The van der Waals surface area contributed by atoms with Crippen LogP contribution in [0, 0.1) is 0 Å². The molecule has 0 aliphatic heterocycles. The molecule has 0 radical (unpaired) electrons. The highest BCUT2D eigenvalue weighted by Crippen LogP contribution is 2.10. The normalized spacial score (nSPS) is 10.2. The second-order valence-electron chi connectivity index (χ2n) is 4.46. The summed E-state index contributed by atoms with van der Waals surface area (Å²) in [5.41, 5.74) is 1.21. The highest BCUT2D eigenvalue weighted by Gasteiger charge is 2.03. The number of amides is 1. The van der Waals surface area contributed by atoms with E-state index in [1.807, 2.05) is 24.3 Å². The minimum atomic E-state index is -0.261. The Balaban J connectivity index is 2.03. The van der Waals surface area contributed by atoms with Crippen LogP contribution < -0.4 is 5.32 Å². The summed E-state index contributed by atoms with van der Waals surface area (Å²) in [4.78, 5) is 22.4. The van der Waals surface area contributed by atoms with Gasteiger partial charge < -0.3 is 10.1 Å². The van der Waals surface area contributed by atoms with E-state index < -0.39 is 0 Å². The molecule has 116 valence electrons. The van der Waals surface area contributed by atoms with Gasteiger partial charge in [-0.05, 0) is 30.5 Å². The van der Waals surface area contributed by atoms with Gasteiger partial charge in [-0.2, -0.15) is 0 Å². The zero-order chi connectivity index (χ0) is 15.5. The topological polar surface area (TPSA) is 55.4 Å². The third-order valence-corrected chi connectivity index (χ3v) is 3.98. The standard InChI is InChI=1S/C15H20ClNO3S/c1-20-15(19)11-21-10-8-14(18)17-9-2-3-12-4-6-13(16)7-5-12/h4-7H,2-3,8-11H2,1H3,(H,17,18). The predicted octanol–water partition coefficient (Wildman–Crippen LogP) is 2.69. The molecule has 1 N–H and O–H groups in total. The first-order valence-corrected chi connectivity index (χ1v) is 8.31. The van der Waals surface area contributed by atoms with Crippen LogP contribution in [0.4, 0.5) is 0 Å². The highest BCUT2D eigenvalue weighted by atomic mass is 35.5. The summed E-state index contributed by atoms with van der Waals surface area (Å²) in [5.74, 6) is 0.671. The lowest BCUT2D eigenvalue weighted by Gasteiger charge is -2.05. The molecular weight excluding hydrogens is 310 g/mol. The Bertz CT molecular complexity index is 451. The number of aryl methyl sites for hydroxylation is 1. The van der Waals surface area contributed by atoms with Crippen LogP contribution in [-0.4, -0.2) is 37.0 Å². The number of thioether (sulfide) groups is 1. The molecule has 6 heteroatoms. The van der Waals surface area contributed by atoms with Crippen molar-refractivity contribution < 1.29 is 14.3 Å². The van der Waals surface area contributed by atoms with Crippen molar-refractivity contribution in [3.8, 4) is 0 Å². The Morgan fingerprint density at radius 2 is 2.00 bits per heavy atom. The van der Waals surface area contributed by atoms with Crippen LogP contribution >= 0.6 is 23.4 Å².